The van der Waals surface area contributed by atoms with Crippen LogP contribution in [0.4, 0.5) is 5.69 Å². The molecule has 0 unspecified atom stereocenters. The van der Waals surface area contributed by atoms with Gasteiger partial charge in [-0.3, -0.25) is 4.79 Å². The first-order valence-electron chi connectivity index (χ1n) is 15.7. The van der Waals surface area contributed by atoms with Crippen LogP contribution in [0.3, 0.4) is 0 Å². The number of hydrogen-bond acceptors (Lipinski definition) is 7. The molecule has 1 heterocycles. The van der Waals surface area contributed by atoms with Crippen molar-refractivity contribution in [3.8, 4) is 5.75 Å². The lowest BCUT2D eigenvalue weighted by atomic mass is 9.80. The van der Waals surface area contributed by atoms with Gasteiger partial charge in [-0.05, 0) is 70.4 Å². The highest BCUT2D eigenvalue weighted by Crippen LogP contribution is 2.44. The maximum Gasteiger partial charge on any atom is 0.252 e. The van der Waals surface area contributed by atoms with Crippen molar-refractivity contribution in [3.63, 3.8) is 0 Å². The number of azide groups is 2. The molecule has 0 saturated carbocycles. The minimum absolute atomic E-state index is 0.0322. The highest BCUT2D eigenvalue weighted by Gasteiger charge is 2.54. The number of rotatable bonds is 16. The van der Waals surface area contributed by atoms with E-state index in [0.717, 1.165) is 6.42 Å². The average molecular weight is 645 g/mol. The SMILES string of the molecule is [N-]=[N+]=NCc1ccccc1[C@H]1OC(c2ccc(OCCCO)cc2)=N[C@@]1(Cc1ccccc1N=[N+]=[N-])C(=O)NCCCc1ccccc1. The van der Waals surface area contributed by atoms with Gasteiger partial charge in [0.1, 0.15) is 5.75 Å². The van der Waals surface area contributed by atoms with Gasteiger partial charge in [-0.15, -0.1) is 0 Å². The van der Waals surface area contributed by atoms with Gasteiger partial charge in [-0.1, -0.05) is 89.1 Å². The molecule has 12 heteroatoms. The number of aliphatic imine (C=N–C) groups is 1. The molecule has 2 atom stereocenters. The van der Waals surface area contributed by atoms with Crippen LogP contribution in [0.25, 0.3) is 20.9 Å². The highest BCUT2D eigenvalue weighted by atomic mass is 16.5. The smallest absolute Gasteiger partial charge is 0.252 e. The Kier molecular flexibility index (Phi) is 11.7. The van der Waals surface area contributed by atoms with Gasteiger partial charge in [0, 0.05) is 47.1 Å². The van der Waals surface area contributed by atoms with Gasteiger partial charge >= 0.3 is 0 Å². The van der Waals surface area contributed by atoms with Crippen molar-refractivity contribution in [2.24, 2.45) is 15.2 Å². The van der Waals surface area contributed by atoms with Gasteiger partial charge in [0.15, 0.2) is 11.6 Å². The Morgan fingerprint density at radius 1 is 0.917 bits per heavy atom. The largest absolute Gasteiger partial charge is 0.494 e. The molecular weight excluding hydrogens is 608 g/mol. The number of hydrogen-bond donors (Lipinski definition) is 2. The summed E-state index contributed by atoms with van der Waals surface area (Å²) < 4.78 is 12.4. The number of aliphatic hydroxyl groups excluding tert-OH is 1. The van der Waals surface area contributed by atoms with Gasteiger partial charge in [0.25, 0.3) is 5.91 Å². The van der Waals surface area contributed by atoms with E-state index in [1.54, 1.807) is 36.4 Å². The number of ether oxygens (including phenoxy) is 2. The Balaban J connectivity index is 1.58. The fourth-order valence-electron chi connectivity index (χ4n) is 5.69. The first kappa shape index (κ1) is 33.6. The molecule has 0 bridgehead atoms. The molecule has 1 aliphatic heterocycles. The van der Waals surface area contributed by atoms with Gasteiger partial charge in [-0.25, -0.2) is 4.99 Å². The van der Waals surface area contributed by atoms with Crippen molar-refractivity contribution in [3.05, 3.63) is 152 Å². The zero-order valence-corrected chi connectivity index (χ0v) is 26.4. The number of amides is 1. The van der Waals surface area contributed by atoms with Crippen molar-refractivity contribution >= 4 is 17.5 Å². The fourth-order valence-corrected chi connectivity index (χ4v) is 5.69. The van der Waals surface area contributed by atoms with Crippen LogP contribution in [0.5, 0.6) is 5.75 Å². The van der Waals surface area contributed by atoms with E-state index in [0.29, 0.717) is 59.7 Å². The Hall–Kier alpha value is -5.80. The summed E-state index contributed by atoms with van der Waals surface area (Å²) >= 11 is 0. The summed E-state index contributed by atoms with van der Waals surface area (Å²) in [5.41, 5.74) is 21.0. The summed E-state index contributed by atoms with van der Waals surface area (Å²) in [5, 5.41) is 19.9. The lowest BCUT2D eigenvalue weighted by Crippen LogP contribution is -2.50. The molecule has 4 aromatic carbocycles. The molecule has 2 N–H and O–H groups in total. The van der Waals surface area contributed by atoms with Crippen molar-refractivity contribution < 1.29 is 19.4 Å². The molecule has 0 spiro atoms. The Morgan fingerprint density at radius 3 is 2.40 bits per heavy atom. The van der Waals surface area contributed by atoms with Crippen LogP contribution in [0, 0.1) is 0 Å². The van der Waals surface area contributed by atoms with Crippen molar-refractivity contribution in [2.75, 3.05) is 19.8 Å². The third kappa shape index (κ3) is 8.12. The van der Waals surface area contributed by atoms with E-state index in [1.807, 2.05) is 54.6 Å². The van der Waals surface area contributed by atoms with Crippen LogP contribution >= 0.6 is 0 Å². The third-order valence-electron chi connectivity index (χ3n) is 8.05. The monoisotopic (exact) mass is 644 g/mol. The van der Waals surface area contributed by atoms with E-state index >= 15 is 0 Å². The molecule has 12 nitrogen and oxygen atoms in total. The number of nitrogens with zero attached hydrogens (tertiary/aromatic N) is 7. The average Bonchev–Trinajstić information content (AvgIpc) is 3.51. The molecule has 0 fully saturated rings. The van der Waals surface area contributed by atoms with Crippen molar-refractivity contribution in [1.29, 1.82) is 0 Å². The minimum atomic E-state index is -1.54. The summed E-state index contributed by atoms with van der Waals surface area (Å²) in [5.74, 6) is 0.516. The van der Waals surface area contributed by atoms with Gasteiger partial charge in [0.2, 0.25) is 5.90 Å². The van der Waals surface area contributed by atoms with Gasteiger partial charge in [0.05, 0.1) is 13.2 Å². The molecule has 1 amide bonds. The maximum absolute atomic E-state index is 14.6. The fraction of sp³-hybridized carbons (Fsp3) is 0.278. The normalized spacial score (nSPS) is 16.5. The minimum Gasteiger partial charge on any atom is -0.494 e. The van der Waals surface area contributed by atoms with E-state index < -0.39 is 11.6 Å². The topological polar surface area (TPSA) is 178 Å². The first-order valence-corrected chi connectivity index (χ1v) is 15.7. The lowest BCUT2D eigenvalue weighted by molar-refractivity contribution is -0.128. The summed E-state index contributed by atoms with van der Waals surface area (Å²) in [6.07, 6.45) is 1.12. The van der Waals surface area contributed by atoms with Crippen LogP contribution in [0.1, 0.15) is 46.8 Å². The van der Waals surface area contributed by atoms with Crippen molar-refractivity contribution in [2.45, 2.75) is 43.9 Å². The third-order valence-corrected chi connectivity index (χ3v) is 8.05. The second-order valence-electron chi connectivity index (χ2n) is 11.2. The Bertz CT molecular complexity index is 1820. The number of aliphatic hydroxyl groups is 1. The molecule has 244 valence electrons. The molecule has 4 aromatic rings. The number of nitrogens with one attached hydrogen (secondary N) is 1. The zero-order valence-electron chi connectivity index (χ0n) is 26.4. The van der Waals surface area contributed by atoms with E-state index in [2.05, 4.69) is 37.5 Å². The molecule has 0 radical (unpaired) electrons. The maximum atomic E-state index is 14.6. The molecule has 48 heavy (non-hydrogen) atoms. The van der Waals surface area contributed by atoms with Crippen LogP contribution < -0.4 is 10.1 Å². The van der Waals surface area contributed by atoms with Crippen molar-refractivity contribution in [1.82, 2.24) is 5.32 Å². The lowest BCUT2D eigenvalue weighted by Gasteiger charge is -2.32. The molecule has 5 rings (SSSR count). The Labute approximate surface area is 278 Å². The molecular formula is C36H36N8O4. The zero-order chi connectivity index (χ0) is 33.6. The number of aryl methyl sites for hydroxylation is 1. The van der Waals surface area contributed by atoms with Crippen LogP contribution in [0.15, 0.2) is 118 Å². The predicted octanol–water partition coefficient (Wildman–Crippen LogP) is 7.45. The standard InChI is InChI=1S/C36H36N8O4/c37-43-40-25-29-14-4-6-15-31(29)33-36(24-28-13-5-7-16-32(28)42-44-38,35(46)39-21-8-12-26-10-2-1-3-11-26)41-34(48-33)27-17-19-30(20-18-27)47-23-9-22-45/h1-7,10-11,13-20,33,45H,8-9,12,21-25H2,(H,39,46)/t33-,36-/m1/s1. The summed E-state index contributed by atoms with van der Waals surface area (Å²) in [4.78, 5) is 25.6. The van der Waals surface area contributed by atoms with E-state index in [4.69, 9.17) is 25.1 Å². The second kappa shape index (κ2) is 16.7. The molecule has 0 aliphatic carbocycles. The number of benzene rings is 4. The summed E-state index contributed by atoms with van der Waals surface area (Å²) in [6, 6.07) is 31.7. The molecule has 0 aromatic heterocycles. The van der Waals surface area contributed by atoms with E-state index in [9.17, 15) is 10.3 Å². The van der Waals surface area contributed by atoms with Gasteiger partial charge in [-0.2, -0.15) is 0 Å². The highest BCUT2D eigenvalue weighted by molar-refractivity contribution is 6.01. The van der Waals surface area contributed by atoms with E-state index in [-0.39, 0.29) is 31.4 Å². The molecule has 1 aliphatic rings. The number of carbonyl (C=O) groups is 1. The first-order chi connectivity index (χ1) is 23.6. The second-order valence-corrected chi connectivity index (χ2v) is 11.2. The summed E-state index contributed by atoms with van der Waals surface area (Å²) in [7, 11) is 0. The Morgan fingerprint density at radius 2 is 1.65 bits per heavy atom. The van der Waals surface area contributed by atoms with Crippen LogP contribution in [-0.4, -0.2) is 42.2 Å². The van der Waals surface area contributed by atoms with Crippen LogP contribution in [0.2, 0.25) is 0 Å². The quantitative estimate of drug-likeness (QED) is 0.0557. The number of carbonyl (C=O) groups excluding carboxylic acids is 1. The molecule has 0 saturated heterocycles. The van der Waals surface area contributed by atoms with E-state index in [1.165, 1.54) is 5.56 Å². The van der Waals surface area contributed by atoms with Crippen LogP contribution in [-0.2, 0) is 28.9 Å². The summed E-state index contributed by atoms with van der Waals surface area (Å²) in [6.45, 7) is 0.844. The van der Waals surface area contributed by atoms with Gasteiger partial charge < -0.3 is 19.9 Å². The predicted molar refractivity (Wildman–Crippen MR) is 183 cm³/mol.